The maximum absolute atomic E-state index is 12.1. The Labute approximate surface area is 130 Å². The van der Waals surface area contributed by atoms with E-state index in [-0.39, 0.29) is 11.7 Å². The van der Waals surface area contributed by atoms with Crippen molar-refractivity contribution in [2.24, 2.45) is 0 Å². The van der Waals surface area contributed by atoms with Crippen LogP contribution in [0.2, 0.25) is 0 Å². The van der Waals surface area contributed by atoms with Crippen molar-refractivity contribution in [3.05, 3.63) is 47.4 Å². The Morgan fingerprint density at radius 1 is 1.38 bits per heavy atom. The van der Waals surface area contributed by atoms with Gasteiger partial charge in [0.1, 0.15) is 10.1 Å². The van der Waals surface area contributed by atoms with Crippen LogP contribution >= 0.6 is 24.0 Å². The summed E-state index contributed by atoms with van der Waals surface area (Å²) in [5.74, 6) is -0.112. The number of carbonyl (C=O) groups excluding carboxylic acids is 1. The van der Waals surface area contributed by atoms with Gasteiger partial charge >= 0.3 is 6.61 Å². The molecule has 1 aromatic rings. The van der Waals surface area contributed by atoms with Crippen LogP contribution in [0.15, 0.2) is 41.8 Å². The summed E-state index contributed by atoms with van der Waals surface area (Å²) in [6.07, 6.45) is 3.26. The van der Waals surface area contributed by atoms with Gasteiger partial charge in [-0.25, -0.2) is 0 Å². The van der Waals surface area contributed by atoms with Gasteiger partial charge < -0.3 is 4.74 Å². The van der Waals surface area contributed by atoms with Crippen LogP contribution in [0.5, 0.6) is 5.75 Å². The first-order valence-corrected chi connectivity index (χ1v) is 7.15. The van der Waals surface area contributed by atoms with Gasteiger partial charge in [-0.3, -0.25) is 9.69 Å². The Balaban J connectivity index is 2.15. The SMILES string of the molecule is C=CCN1C(=O)/C(=C/c2ccc(OC(F)F)cc2)SC1=S. The molecule has 1 saturated heterocycles. The number of hydrogen-bond acceptors (Lipinski definition) is 4. The first-order chi connectivity index (χ1) is 10.0. The third-order valence-corrected chi connectivity index (χ3v) is 3.97. The number of rotatable bonds is 5. The lowest BCUT2D eigenvalue weighted by Crippen LogP contribution is -2.27. The summed E-state index contributed by atoms with van der Waals surface area (Å²) in [6.45, 7) is 1.09. The number of benzene rings is 1. The third-order valence-electron chi connectivity index (χ3n) is 2.59. The molecule has 1 heterocycles. The van der Waals surface area contributed by atoms with Crippen LogP contribution in [0.3, 0.4) is 0 Å². The maximum atomic E-state index is 12.1. The van der Waals surface area contributed by atoms with Crippen molar-refractivity contribution in [2.45, 2.75) is 6.61 Å². The number of ether oxygens (including phenoxy) is 1. The minimum Gasteiger partial charge on any atom is -0.435 e. The molecule has 21 heavy (non-hydrogen) atoms. The van der Waals surface area contributed by atoms with Gasteiger partial charge in [0.25, 0.3) is 5.91 Å². The minimum absolute atomic E-state index is 0.0707. The third kappa shape index (κ3) is 3.89. The van der Waals surface area contributed by atoms with E-state index in [2.05, 4.69) is 11.3 Å². The van der Waals surface area contributed by atoms with Gasteiger partial charge in [-0.1, -0.05) is 42.2 Å². The molecule has 2 rings (SSSR count). The lowest BCUT2D eigenvalue weighted by atomic mass is 10.2. The molecular formula is C14H11F2NO2S2. The van der Waals surface area contributed by atoms with Crippen molar-refractivity contribution in [3.63, 3.8) is 0 Å². The summed E-state index contributed by atoms with van der Waals surface area (Å²) in [7, 11) is 0. The Kier molecular flexibility index (Phi) is 5.08. The Morgan fingerprint density at radius 3 is 2.62 bits per heavy atom. The van der Waals surface area contributed by atoms with Crippen molar-refractivity contribution < 1.29 is 18.3 Å². The highest BCUT2D eigenvalue weighted by atomic mass is 32.2. The maximum Gasteiger partial charge on any atom is 0.387 e. The van der Waals surface area contributed by atoms with Gasteiger partial charge in [0.15, 0.2) is 0 Å². The summed E-state index contributed by atoms with van der Waals surface area (Å²) in [4.78, 5) is 14.0. The van der Waals surface area contributed by atoms with Crippen molar-refractivity contribution in [1.29, 1.82) is 0 Å². The smallest absolute Gasteiger partial charge is 0.387 e. The average molecular weight is 327 g/mol. The molecule has 0 spiro atoms. The van der Waals surface area contributed by atoms with E-state index >= 15 is 0 Å². The first-order valence-electron chi connectivity index (χ1n) is 5.92. The van der Waals surface area contributed by atoms with Crippen molar-refractivity contribution in [2.75, 3.05) is 6.54 Å². The second kappa shape index (κ2) is 6.82. The summed E-state index contributed by atoms with van der Waals surface area (Å²) >= 11 is 6.32. The van der Waals surface area contributed by atoms with Crippen molar-refractivity contribution in [1.82, 2.24) is 4.90 Å². The molecule has 0 radical (unpaired) electrons. The molecule has 3 nitrogen and oxygen atoms in total. The molecule has 1 fully saturated rings. The fraction of sp³-hybridized carbons (Fsp3) is 0.143. The van der Waals surface area contributed by atoms with Crippen molar-refractivity contribution in [3.8, 4) is 5.75 Å². The molecule has 0 bridgehead atoms. The van der Waals surface area contributed by atoms with E-state index < -0.39 is 6.61 Å². The first kappa shape index (κ1) is 15.7. The highest BCUT2D eigenvalue weighted by molar-refractivity contribution is 8.26. The summed E-state index contributed by atoms with van der Waals surface area (Å²) in [5, 5.41) is 0. The highest BCUT2D eigenvalue weighted by Gasteiger charge is 2.30. The standard InChI is InChI=1S/C14H11F2NO2S2/c1-2-7-17-12(18)11(21-14(17)20)8-9-3-5-10(6-4-9)19-13(15)16/h2-6,8,13H,1,7H2/b11-8-. The topological polar surface area (TPSA) is 29.5 Å². The van der Waals surface area contributed by atoms with Gasteiger partial charge in [0, 0.05) is 6.54 Å². The molecule has 1 aliphatic heterocycles. The van der Waals surface area contributed by atoms with E-state index in [1.807, 2.05) is 0 Å². The van der Waals surface area contributed by atoms with E-state index in [9.17, 15) is 13.6 Å². The quantitative estimate of drug-likeness (QED) is 0.469. The normalized spacial score (nSPS) is 16.9. The molecule has 0 aliphatic carbocycles. The summed E-state index contributed by atoms with van der Waals surface area (Å²) in [6, 6.07) is 6.03. The molecule has 0 atom stereocenters. The van der Waals surface area contributed by atoms with Crippen LogP contribution < -0.4 is 4.74 Å². The second-order valence-corrected chi connectivity index (χ2v) is 5.70. The second-order valence-electron chi connectivity index (χ2n) is 4.03. The average Bonchev–Trinajstić information content (AvgIpc) is 2.69. The number of halogens is 2. The Bertz CT molecular complexity index is 599. The number of thiocarbonyl (C=S) groups is 1. The predicted molar refractivity (Wildman–Crippen MR) is 83.2 cm³/mol. The van der Waals surface area contributed by atoms with Gasteiger partial charge in [-0.2, -0.15) is 8.78 Å². The number of amides is 1. The van der Waals surface area contributed by atoms with Gasteiger partial charge in [0.2, 0.25) is 0 Å². The zero-order valence-electron chi connectivity index (χ0n) is 10.8. The van der Waals surface area contributed by atoms with Crippen LogP contribution in [0.4, 0.5) is 8.78 Å². The van der Waals surface area contributed by atoms with Crippen LogP contribution in [-0.4, -0.2) is 28.3 Å². The molecule has 7 heteroatoms. The van der Waals surface area contributed by atoms with Gasteiger partial charge in [0.05, 0.1) is 4.91 Å². The molecule has 0 N–H and O–H groups in total. The predicted octanol–water partition coefficient (Wildman–Crippen LogP) is 3.68. The molecule has 0 saturated carbocycles. The van der Waals surface area contributed by atoms with Crippen LogP contribution in [-0.2, 0) is 4.79 Å². The number of carbonyl (C=O) groups is 1. The lowest BCUT2D eigenvalue weighted by Gasteiger charge is -2.10. The zero-order valence-corrected chi connectivity index (χ0v) is 12.4. The zero-order chi connectivity index (χ0) is 15.4. The van der Waals surface area contributed by atoms with Crippen LogP contribution in [0.1, 0.15) is 5.56 Å². The molecule has 110 valence electrons. The van der Waals surface area contributed by atoms with Crippen LogP contribution in [0.25, 0.3) is 6.08 Å². The summed E-state index contributed by atoms with van der Waals surface area (Å²) in [5.41, 5.74) is 0.704. The van der Waals surface area contributed by atoms with E-state index in [0.717, 1.165) is 0 Å². The van der Waals surface area contributed by atoms with Crippen molar-refractivity contribution >= 4 is 40.3 Å². The number of thioether (sulfide) groups is 1. The van der Waals surface area contributed by atoms with Crippen LogP contribution in [0, 0.1) is 0 Å². The highest BCUT2D eigenvalue weighted by Crippen LogP contribution is 2.32. The Morgan fingerprint density at radius 2 is 2.05 bits per heavy atom. The number of hydrogen-bond donors (Lipinski definition) is 0. The molecule has 1 amide bonds. The molecule has 1 aromatic carbocycles. The molecule has 0 aromatic heterocycles. The molecule has 0 unspecified atom stereocenters. The molecule has 1 aliphatic rings. The summed E-state index contributed by atoms with van der Waals surface area (Å²) < 4.78 is 28.8. The largest absolute Gasteiger partial charge is 0.435 e. The fourth-order valence-corrected chi connectivity index (χ4v) is 2.96. The number of nitrogens with zero attached hydrogens (tertiary/aromatic N) is 1. The van der Waals surface area contributed by atoms with E-state index in [1.54, 1.807) is 24.3 Å². The van der Waals surface area contributed by atoms with E-state index in [0.29, 0.717) is 21.3 Å². The van der Waals surface area contributed by atoms with Gasteiger partial charge in [-0.05, 0) is 23.8 Å². The molecular weight excluding hydrogens is 316 g/mol. The van der Waals surface area contributed by atoms with E-state index in [1.165, 1.54) is 28.8 Å². The monoisotopic (exact) mass is 327 g/mol. The Hall–Kier alpha value is -1.73. The fourth-order valence-electron chi connectivity index (χ4n) is 1.68. The van der Waals surface area contributed by atoms with E-state index in [4.69, 9.17) is 12.2 Å². The van der Waals surface area contributed by atoms with Gasteiger partial charge in [-0.15, -0.1) is 6.58 Å². The lowest BCUT2D eigenvalue weighted by molar-refractivity contribution is -0.121. The number of alkyl halides is 2. The minimum atomic E-state index is -2.86.